The summed E-state index contributed by atoms with van der Waals surface area (Å²) in [6.07, 6.45) is -1.35. The number of carbonyl (C=O) groups is 4. The molecule has 1 aromatic carbocycles. The maximum atomic E-state index is 13.6. The van der Waals surface area contributed by atoms with Crippen LogP contribution in [0.1, 0.15) is 54.5 Å². The van der Waals surface area contributed by atoms with Crippen molar-refractivity contribution in [1.82, 2.24) is 24.8 Å². The number of amides is 3. The lowest BCUT2D eigenvalue weighted by atomic mass is 9.80. The molecular weight excluding hydrogens is 500 g/mol. The third kappa shape index (κ3) is 4.61. The number of ketones is 1. The van der Waals surface area contributed by atoms with Gasteiger partial charge in [0.25, 0.3) is 5.91 Å². The van der Waals surface area contributed by atoms with Crippen LogP contribution in [0.15, 0.2) is 36.4 Å². The molecule has 0 bridgehead atoms. The molecule has 2 aliphatic rings. The Kier molecular flexibility index (Phi) is 6.20. The molecule has 38 heavy (non-hydrogen) atoms. The molecule has 1 N–H and O–H groups in total. The monoisotopic (exact) mass is 525 g/mol. The van der Waals surface area contributed by atoms with Gasteiger partial charge in [-0.1, -0.05) is 0 Å². The van der Waals surface area contributed by atoms with Crippen LogP contribution in [0.2, 0.25) is 0 Å². The number of Topliss-reactive ketones (excluding diaryl/α,β-unsaturated/α-hetero) is 1. The first-order valence-electron chi connectivity index (χ1n) is 12.1. The van der Waals surface area contributed by atoms with Crippen molar-refractivity contribution in [2.24, 2.45) is 0 Å². The normalized spacial score (nSPS) is 18.2. The summed E-state index contributed by atoms with van der Waals surface area (Å²) in [5.74, 6) is -4.02. The number of ether oxygens (including phenoxy) is 1. The van der Waals surface area contributed by atoms with Crippen molar-refractivity contribution in [3.05, 3.63) is 53.5 Å². The van der Waals surface area contributed by atoms with Gasteiger partial charge in [0.2, 0.25) is 5.92 Å². The highest BCUT2D eigenvalue weighted by atomic mass is 19.3. The predicted molar refractivity (Wildman–Crippen MR) is 130 cm³/mol. The number of nitrogens with zero attached hydrogens (tertiary/aromatic N) is 4. The SMILES string of the molecule is CC(=O)OCc1nc2ccc(C)nc2n1-c1ccc(C(=O)CN2C(=O)NC3(CCC(F)(F)CC3)C2=O)cc1. The number of imide groups is 1. The fraction of sp³-hybridized carbons (Fsp3) is 0.385. The highest BCUT2D eigenvalue weighted by Gasteiger charge is 2.55. The van der Waals surface area contributed by atoms with E-state index in [0.29, 0.717) is 22.7 Å². The molecule has 1 aliphatic heterocycles. The van der Waals surface area contributed by atoms with Gasteiger partial charge in [-0.15, -0.1) is 0 Å². The first kappa shape index (κ1) is 25.4. The zero-order chi connectivity index (χ0) is 27.2. The van der Waals surface area contributed by atoms with Crippen LogP contribution in [0.4, 0.5) is 13.6 Å². The average Bonchev–Trinajstić information content (AvgIpc) is 3.34. The van der Waals surface area contributed by atoms with Crippen molar-refractivity contribution in [2.75, 3.05) is 6.54 Å². The highest BCUT2D eigenvalue weighted by Crippen LogP contribution is 2.41. The summed E-state index contributed by atoms with van der Waals surface area (Å²) in [4.78, 5) is 59.7. The molecule has 3 amide bonds. The van der Waals surface area contributed by atoms with Gasteiger partial charge in [0.05, 0.1) is 6.54 Å². The molecule has 10 nitrogen and oxygen atoms in total. The number of fused-ring (bicyclic) bond motifs is 1. The second-order valence-electron chi connectivity index (χ2n) is 9.67. The Hall–Kier alpha value is -4.22. The predicted octanol–water partition coefficient (Wildman–Crippen LogP) is 3.47. The van der Waals surface area contributed by atoms with Gasteiger partial charge in [-0.25, -0.2) is 23.5 Å². The van der Waals surface area contributed by atoms with E-state index < -0.39 is 54.5 Å². The first-order chi connectivity index (χ1) is 18.0. The number of urea groups is 1. The third-order valence-corrected chi connectivity index (χ3v) is 6.95. The van der Waals surface area contributed by atoms with Crippen molar-refractivity contribution in [1.29, 1.82) is 0 Å². The van der Waals surface area contributed by atoms with Gasteiger partial charge in [0.15, 0.2) is 17.3 Å². The van der Waals surface area contributed by atoms with Crippen LogP contribution in [0.5, 0.6) is 0 Å². The molecule has 0 radical (unpaired) electrons. The summed E-state index contributed by atoms with van der Waals surface area (Å²) in [5, 5.41) is 2.54. The standard InChI is InChI=1S/C26H25F2N5O5/c1-15-3-8-19-22(29-15)33(21(30-19)14-38-16(2)34)18-6-4-17(5-7-18)20(35)13-32-23(36)25(31-24(32)37)9-11-26(27,28)12-10-25/h3-8H,9-14H2,1-2H3,(H,31,37). The van der Waals surface area contributed by atoms with E-state index in [1.807, 2.05) is 19.1 Å². The van der Waals surface area contributed by atoms with Gasteiger partial charge in [-0.05, 0) is 56.2 Å². The number of carbonyl (C=O) groups excluding carboxylic acids is 4. The van der Waals surface area contributed by atoms with Gasteiger partial charge in [-0.3, -0.25) is 23.9 Å². The lowest BCUT2D eigenvalue weighted by Crippen LogP contribution is -2.51. The summed E-state index contributed by atoms with van der Waals surface area (Å²) < 4.78 is 34.1. The molecule has 2 fully saturated rings. The zero-order valence-corrected chi connectivity index (χ0v) is 20.8. The number of esters is 1. The molecule has 3 heterocycles. The summed E-state index contributed by atoms with van der Waals surface area (Å²) in [5.41, 5.74) is 1.40. The van der Waals surface area contributed by atoms with Gasteiger partial charge in [0.1, 0.15) is 17.7 Å². The molecule has 0 unspecified atom stereocenters. The summed E-state index contributed by atoms with van der Waals surface area (Å²) in [6.45, 7) is 2.55. The Morgan fingerprint density at radius 3 is 2.37 bits per heavy atom. The van der Waals surface area contributed by atoms with E-state index in [9.17, 15) is 28.0 Å². The number of hydrogen-bond donors (Lipinski definition) is 1. The Morgan fingerprint density at radius 1 is 1.03 bits per heavy atom. The number of aryl methyl sites for hydroxylation is 1. The third-order valence-electron chi connectivity index (χ3n) is 6.95. The van der Waals surface area contributed by atoms with Gasteiger partial charge >= 0.3 is 12.0 Å². The second-order valence-corrected chi connectivity index (χ2v) is 9.67. The molecule has 1 spiro atoms. The molecule has 0 atom stereocenters. The van der Waals surface area contributed by atoms with Crippen LogP contribution >= 0.6 is 0 Å². The van der Waals surface area contributed by atoms with Gasteiger partial charge in [-0.2, -0.15) is 0 Å². The minimum atomic E-state index is -2.87. The minimum Gasteiger partial charge on any atom is -0.458 e. The Bertz CT molecular complexity index is 1460. The van der Waals surface area contributed by atoms with Crippen molar-refractivity contribution < 1.29 is 32.7 Å². The van der Waals surface area contributed by atoms with E-state index in [1.54, 1.807) is 28.8 Å². The fourth-order valence-corrected chi connectivity index (χ4v) is 4.87. The van der Waals surface area contributed by atoms with E-state index in [0.717, 1.165) is 10.6 Å². The van der Waals surface area contributed by atoms with Crippen LogP contribution in [-0.4, -0.2) is 61.1 Å². The van der Waals surface area contributed by atoms with Crippen molar-refractivity contribution in [3.63, 3.8) is 0 Å². The molecule has 198 valence electrons. The largest absolute Gasteiger partial charge is 0.458 e. The first-order valence-corrected chi connectivity index (χ1v) is 12.1. The van der Waals surface area contributed by atoms with E-state index in [-0.39, 0.29) is 25.0 Å². The molecule has 12 heteroatoms. The highest BCUT2D eigenvalue weighted by molar-refractivity contribution is 6.11. The number of aromatic nitrogens is 3. The number of benzene rings is 1. The average molecular weight is 526 g/mol. The number of pyridine rings is 1. The molecule has 1 saturated heterocycles. The number of nitrogens with one attached hydrogen (secondary N) is 1. The number of alkyl halides is 2. The summed E-state index contributed by atoms with van der Waals surface area (Å²) in [7, 11) is 0. The number of hydrogen-bond acceptors (Lipinski definition) is 7. The molecule has 1 aliphatic carbocycles. The van der Waals surface area contributed by atoms with Crippen LogP contribution in [0.3, 0.4) is 0 Å². The lowest BCUT2D eigenvalue weighted by Gasteiger charge is -2.34. The van der Waals surface area contributed by atoms with Crippen molar-refractivity contribution in [2.45, 2.75) is 57.6 Å². The number of rotatable bonds is 6. The van der Waals surface area contributed by atoms with E-state index >= 15 is 0 Å². The lowest BCUT2D eigenvalue weighted by molar-refractivity contribution is -0.142. The molecule has 3 aromatic rings. The van der Waals surface area contributed by atoms with Crippen molar-refractivity contribution in [3.8, 4) is 5.69 Å². The maximum absolute atomic E-state index is 13.6. The number of imidazole rings is 1. The summed E-state index contributed by atoms with van der Waals surface area (Å²) >= 11 is 0. The Labute approximate surface area is 216 Å². The van der Waals surface area contributed by atoms with E-state index in [1.165, 1.54) is 6.92 Å². The van der Waals surface area contributed by atoms with Crippen LogP contribution in [0.25, 0.3) is 16.9 Å². The van der Waals surface area contributed by atoms with Crippen LogP contribution < -0.4 is 5.32 Å². The molecule has 5 rings (SSSR count). The van der Waals surface area contributed by atoms with E-state index in [2.05, 4.69) is 15.3 Å². The van der Waals surface area contributed by atoms with E-state index in [4.69, 9.17) is 4.74 Å². The smallest absolute Gasteiger partial charge is 0.325 e. The molecular formula is C26H25F2N5O5. The topological polar surface area (TPSA) is 123 Å². The van der Waals surface area contributed by atoms with Crippen LogP contribution in [0, 0.1) is 6.92 Å². The molecule has 1 saturated carbocycles. The van der Waals surface area contributed by atoms with Gasteiger partial charge in [0, 0.05) is 36.7 Å². The molecule has 2 aromatic heterocycles. The quantitative estimate of drug-likeness (QED) is 0.297. The van der Waals surface area contributed by atoms with Crippen molar-refractivity contribution >= 4 is 34.9 Å². The summed E-state index contributed by atoms with van der Waals surface area (Å²) in [6, 6.07) is 9.27. The van der Waals surface area contributed by atoms with Gasteiger partial charge < -0.3 is 10.1 Å². The zero-order valence-electron chi connectivity index (χ0n) is 20.8. The Morgan fingerprint density at radius 2 is 1.71 bits per heavy atom. The minimum absolute atomic E-state index is 0.0781. The Balaban J connectivity index is 1.36. The maximum Gasteiger partial charge on any atom is 0.325 e. The fourth-order valence-electron chi connectivity index (χ4n) is 4.87. The second kappa shape index (κ2) is 9.26. The number of halogens is 2. The van der Waals surface area contributed by atoms with Crippen LogP contribution in [-0.2, 0) is 20.9 Å².